The summed E-state index contributed by atoms with van der Waals surface area (Å²) in [5.41, 5.74) is 4.28. The Kier molecular flexibility index (Phi) is 3.76. The van der Waals surface area contributed by atoms with Crippen LogP contribution in [0.25, 0.3) is 0 Å². The molecule has 0 aromatic rings. The van der Waals surface area contributed by atoms with E-state index < -0.39 is 17.6 Å². The first-order valence-corrected chi connectivity index (χ1v) is 5.56. The average molecular weight is 235 g/mol. The number of alkyl halides is 2. The number of hydrogen-bond acceptors (Lipinski definition) is 2. The normalized spacial score (nSPS) is 21.8. The molecule has 1 rings (SSSR count). The Labute approximate surface area is 94.3 Å². The van der Waals surface area contributed by atoms with Gasteiger partial charge in [-0.05, 0) is 39.0 Å². The van der Waals surface area contributed by atoms with Gasteiger partial charge in [0.05, 0.1) is 0 Å². The van der Waals surface area contributed by atoms with E-state index in [9.17, 15) is 13.6 Å². The monoisotopic (exact) mass is 235 g/mol. The zero-order valence-electron chi connectivity index (χ0n) is 9.76. The van der Waals surface area contributed by atoms with E-state index in [1.54, 1.807) is 13.8 Å². The van der Waals surface area contributed by atoms with Gasteiger partial charge < -0.3 is 10.5 Å². The Bertz CT molecular complexity index is 257. The molecule has 0 unspecified atom stereocenters. The summed E-state index contributed by atoms with van der Waals surface area (Å²) in [5, 5.41) is 0. The van der Waals surface area contributed by atoms with E-state index in [0.29, 0.717) is 19.3 Å². The van der Waals surface area contributed by atoms with Crippen molar-refractivity contribution in [1.82, 2.24) is 0 Å². The molecule has 0 heterocycles. The molecule has 0 aromatic carbocycles. The minimum atomic E-state index is -2.51. The highest BCUT2D eigenvalue weighted by Gasteiger charge is 2.37. The van der Waals surface area contributed by atoms with Gasteiger partial charge >= 0.3 is 6.09 Å². The minimum Gasteiger partial charge on any atom is -0.444 e. The molecule has 0 spiro atoms. The molecule has 5 heteroatoms. The Hall–Kier alpha value is -0.870. The van der Waals surface area contributed by atoms with E-state index in [1.807, 2.05) is 0 Å². The number of nitrogens with two attached hydrogens (primary N) is 1. The van der Waals surface area contributed by atoms with Crippen LogP contribution in [0, 0.1) is 5.92 Å². The summed E-state index contributed by atoms with van der Waals surface area (Å²) in [6, 6.07) is 0. The van der Waals surface area contributed by atoms with E-state index in [0.717, 1.165) is 0 Å². The molecule has 0 aromatic heterocycles. The fourth-order valence-corrected chi connectivity index (χ4v) is 2.31. The van der Waals surface area contributed by atoms with E-state index in [2.05, 4.69) is 0 Å². The van der Waals surface area contributed by atoms with Gasteiger partial charge in [0.25, 0.3) is 0 Å². The van der Waals surface area contributed by atoms with Crippen molar-refractivity contribution in [1.29, 1.82) is 0 Å². The highest BCUT2D eigenvalue weighted by Crippen LogP contribution is 2.39. The van der Waals surface area contributed by atoms with Crippen molar-refractivity contribution in [3.63, 3.8) is 0 Å². The van der Waals surface area contributed by atoms with Gasteiger partial charge in [-0.2, -0.15) is 0 Å². The van der Waals surface area contributed by atoms with Gasteiger partial charge in [0.2, 0.25) is 5.92 Å². The summed E-state index contributed by atoms with van der Waals surface area (Å²) < 4.78 is 30.8. The Morgan fingerprint density at radius 1 is 1.44 bits per heavy atom. The number of halogens is 2. The van der Waals surface area contributed by atoms with Gasteiger partial charge in [0, 0.05) is 12.8 Å². The number of hydrogen-bond donors (Lipinski definition) is 1. The van der Waals surface area contributed by atoms with Crippen LogP contribution in [0.5, 0.6) is 0 Å². The van der Waals surface area contributed by atoms with Crippen LogP contribution in [0.2, 0.25) is 0 Å². The molecular weight excluding hydrogens is 216 g/mol. The Morgan fingerprint density at radius 2 is 1.94 bits per heavy atom. The maximum absolute atomic E-state index is 12.9. The molecule has 1 saturated carbocycles. The summed E-state index contributed by atoms with van der Waals surface area (Å²) in [7, 11) is 0. The molecule has 0 saturated heterocycles. The van der Waals surface area contributed by atoms with Crippen molar-refractivity contribution in [2.45, 2.75) is 57.5 Å². The predicted molar refractivity (Wildman–Crippen MR) is 56.3 cm³/mol. The van der Waals surface area contributed by atoms with Gasteiger partial charge in [0.1, 0.15) is 5.60 Å². The molecule has 3 nitrogen and oxygen atoms in total. The van der Waals surface area contributed by atoms with Crippen LogP contribution in [-0.4, -0.2) is 17.6 Å². The predicted octanol–water partition coefficient (Wildman–Crippen LogP) is 3.08. The topological polar surface area (TPSA) is 52.3 Å². The van der Waals surface area contributed by atoms with Crippen LogP contribution in [0.1, 0.15) is 46.0 Å². The van der Waals surface area contributed by atoms with Crippen LogP contribution in [0.4, 0.5) is 13.6 Å². The molecule has 1 fully saturated rings. The summed E-state index contributed by atoms with van der Waals surface area (Å²) in [4.78, 5) is 10.6. The summed E-state index contributed by atoms with van der Waals surface area (Å²) in [6.45, 7) is 3.51. The molecule has 1 aliphatic rings. The van der Waals surface area contributed by atoms with Crippen LogP contribution < -0.4 is 5.73 Å². The van der Waals surface area contributed by atoms with Crippen LogP contribution in [0.15, 0.2) is 0 Å². The maximum atomic E-state index is 12.9. The maximum Gasteiger partial charge on any atom is 0.405 e. The van der Waals surface area contributed by atoms with Gasteiger partial charge in [-0.25, -0.2) is 13.6 Å². The quantitative estimate of drug-likeness (QED) is 0.817. The first kappa shape index (κ1) is 13.2. The first-order chi connectivity index (χ1) is 7.20. The SMILES string of the molecule is CC(C)(CC1CCC(F)(F)CC1)OC(N)=O. The van der Waals surface area contributed by atoms with Crippen molar-refractivity contribution in [3.8, 4) is 0 Å². The molecule has 0 atom stereocenters. The van der Waals surface area contributed by atoms with E-state index in [-0.39, 0.29) is 18.8 Å². The van der Waals surface area contributed by atoms with Crippen molar-refractivity contribution in [2.24, 2.45) is 11.7 Å². The lowest BCUT2D eigenvalue weighted by Gasteiger charge is -2.33. The third kappa shape index (κ3) is 4.33. The van der Waals surface area contributed by atoms with Crippen LogP contribution in [0.3, 0.4) is 0 Å². The van der Waals surface area contributed by atoms with E-state index in [4.69, 9.17) is 10.5 Å². The zero-order valence-corrected chi connectivity index (χ0v) is 9.76. The molecular formula is C11H19F2NO2. The van der Waals surface area contributed by atoms with E-state index in [1.165, 1.54) is 0 Å². The molecule has 94 valence electrons. The lowest BCUT2D eigenvalue weighted by atomic mass is 9.80. The summed E-state index contributed by atoms with van der Waals surface area (Å²) in [6.07, 6.45) is 0.615. The van der Waals surface area contributed by atoms with Crippen molar-refractivity contribution >= 4 is 6.09 Å². The van der Waals surface area contributed by atoms with Crippen LogP contribution >= 0.6 is 0 Å². The lowest BCUT2D eigenvalue weighted by molar-refractivity contribution is -0.0572. The number of carbonyl (C=O) groups excluding carboxylic acids is 1. The number of ether oxygens (including phenoxy) is 1. The number of carbonyl (C=O) groups is 1. The smallest absolute Gasteiger partial charge is 0.405 e. The molecule has 0 bridgehead atoms. The molecule has 2 N–H and O–H groups in total. The highest BCUT2D eigenvalue weighted by atomic mass is 19.3. The molecule has 16 heavy (non-hydrogen) atoms. The lowest BCUT2D eigenvalue weighted by Crippen LogP contribution is -2.35. The summed E-state index contributed by atoms with van der Waals surface area (Å²) in [5.74, 6) is -2.32. The van der Waals surface area contributed by atoms with E-state index >= 15 is 0 Å². The van der Waals surface area contributed by atoms with Gasteiger partial charge in [-0.15, -0.1) is 0 Å². The first-order valence-electron chi connectivity index (χ1n) is 5.56. The largest absolute Gasteiger partial charge is 0.444 e. The van der Waals surface area contributed by atoms with Crippen LogP contribution in [-0.2, 0) is 4.74 Å². The molecule has 1 aliphatic carbocycles. The summed E-state index contributed by atoms with van der Waals surface area (Å²) >= 11 is 0. The van der Waals surface area contributed by atoms with Crippen molar-refractivity contribution < 1.29 is 18.3 Å². The van der Waals surface area contributed by atoms with Gasteiger partial charge in [-0.3, -0.25) is 0 Å². The Morgan fingerprint density at radius 3 is 2.38 bits per heavy atom. The zero-order chi connectivity index (χ0) is 12.4. The third-order valence-electron chi connectivity index (χ3n) is 2.99. The second-order valence-corrected chi connectivity index (χ2v) is 5.18. The highest BCUT2D eigenvalue weighted by molar-refractivity contribution is 5.65. The van der Waals surface area contributed by atoms with Crippen molar-refractivity contribution in [3.05, 3.63) is 0 Å². The fourth-order valence-electron chi connectivity index (χ4n) is 2.31. The van der Waals surface area contributed by atoms with Gasteiger partial charge in [-0.1, -0.05) is 0 Å². The second kappa shape index (κ2) is 4.55. The minimum absolute atomic E-state index is 0.0652. The molecule has 0 aliphatic heterocycles. The molecule has 1 amide bonds. The number of rotatable bonds is 3. The third-order valence-corrected chi connectivity index (χ3v) is 2.99. The second-order valence-electron chi connectivity index (χ2n) is 5.18. The Balaban J connectivity index is 2.41. The van der Waals surface area contributed by atoms with Crippen molar-refractivity contribution in [2.75, 3.05) is 0 Å². The van der Waals surface area contributed by atoms with Gasteiger partial charge in [0.15, 0.2) is 0 Å². The fraction of sp³-hybridized carbons (Fsp3) is 0.909. The average Bonchev–Trinajstić information content (AvgIpc) is 2.06. The standard InChI is InChI=1S/C11H19F2NO2/c1-10(2,16-9(14)15)7-8-3-5-11(12,13)6-4-8/h8H,3-7H2,1-2H3,(H2,14,15). The number of primary amides is 1. The molecule has 0 radical (unpaired) electrons. The number of amides is 1.